The van der Waals surface area contributed by atoms with Crippen molar-refractivity contribution in [1.82, 2.24) is 4.90 Å². The Balaban J connectivity index is 2.57. The molecule has 1 amide bonds. The van der Waals surface area contributed by atoms with Crippen molar-refractivity contribution in [2.75, 3.05) is 19.7 Å². The molecule has 7 heteroatoms. The van der Waals surface area contributed by atoms with E-state index in [0.29, 0.717) is 19.5 Å². The van der Waals surface area contributed by atoms with Gasteiger partial charge in [-0.25, -0.2) is 4.79 Å². The molecule has 0 aromatic rings. The van der Waals surface area contributed by atoms with Crippen LogP contribution in [0.25, 0.3) is 0 Å². The number of allylic oxidation sites excluding steroid dienone is 2. The first-order valence-electron chi connectivity index (χ1n) is 7.85. The van der Waals surface area contributed by atoms with Gasteiger partial charge in [-0.1, -0.05) is 13.0 Å². The second kappa shape index (κ2) is 6.64. The summed E-state index contributed by atoms with van der Waals surface area (Å²) < 4.78 is 5.03. The molecule has 2 unspecified atom stereocenters. The van der Waals surface area contributed by atoms with Crippen molar-refractivity contribution in [3.05, 3.63) is 22.9 Å². The highest BCUT2D eigenvalue weighted by Crippen LogP contribution is 2.50. The van der Waals surface area contributed by atoms with Crippen LogP contribution in [0.1, 0.15) is 20.3 Å². The molecule has 2 aliphatic rings. The van der Waals surface area contributed by atoms with Gasteiger partial charge in [0, 0.05) is 24.9 Å². The van der Waals surface area contributed by atoms with Crippen molar-refractivity contribution in [2.24, 2.45) is 23.0 Å². The van der Waals surface area contributed by atoms with Crippen LogP contribution in [-0.2, 0) is 4.74 Å². The van der Waals surface area contributed by atoms with Gasteiger partial charge in [-0.05, 0) is 18.9 Å². The Labute approximate surface area is 141 Å². The van der Waals surface area contributed by atoms with Crippen LogP contribution in [-0.4, -0.2) is 30.7 Å². The molecule has 0 spiro atoms. The number of hydrogen-bond acceptors (Lipinski definition) is 6. The van der Waals surface area contributed by atoms with Crippen LogP contribution < -0.4 is 5.73 Å². The van der Waals surface area contributed by atoms with Crippen molar-refractivity contribution in [3.63, 3.8) is 0 Å². The highest BCUT2D eigenvalue weighted by molar-refractivity contribution is 5.69. The molecule has 1 heterocycles. The fourth-order valence-corrected chi connectivity index (χ4v) is 3.65. The maximum atomic E-state index is 12.0. The summed E-state index contributed by atoms with van der Waals surface area (Å²) in [7, 11) is 0. The number of ether oxygens (including phenoxy) is 1. The SMILES string of the molecule is CCOC(=O)N1CC=C2C(C#N)=C(N)C(C#N)(C#N)C(CC)C2C1. The van der Waals surface area contributed by atoms with Gasteiger partial charge in [0.1, 0.15) is 6.07 Å². The van der Waals surface area contributed by atoms with Crippen LogP contribution in [0.2, 0.25) is 0 Å². The maximum Gasteiger partial charge on any atom is 0.410 e. The summed E-state index contributed by atoms with van der Waals surface area (Å²) in [5.74, 6) is -0.692. The van der Waals surface area contributed by atoms with Crippen LogP contribution in [0.5, 0.6) is 0 Å². The van der Waals surface area contributed by atoms with Crippen molar-refractivity contribution >= 4 is 6.09 Å². The van der Waals surface area contributed by atoms with Crippen LogP contribution in [0.15, 0.2) is 22.9 Å². The molecule has 0 radical (unpaired) electrons. The lowest BCUT2D eigenvalue weighted by Crippen LogP contribution is -2.50. The minimum Gasteiger partial charge on any atom is -0.450 e. The fraction of sp³-hybridized carbons (Fsp3) is 0.529. The van der Waals surface area contributed by atoms with E-state index in [4.69, 9.17) is 10.5 Å². The lowest BCUT2D eigenvalue weighted by molar-refractivity contribution is 0.0934. The molecule has 0 aromatic carbocycles. The minimum atomic E-state index is -1.56. The highest BCUT2D eigenvalue weighted by Gasteiger charge is 2.53. The van der Waals surface area contributed by atoms with E-state index in [9.17, 15) is 20.6 Å². The average Bonchev–Trinajstić information content (AvgIpc) is 2.60. The van der Waals surface area contributed by atoms with Gasteiger partial charge in [0.15, 0.2) is 5.41 Å². The number of fused-ring (bicyclic) bond motifs is 1. The number of nitrogens with zero attached hydrogens (tertiary/aromatic N) is 4. The first-order chi connectivity index (χ1) is 11.5. The summed E-state index contributed by atoms with van der Waals surface area (Å²) in [6.07, 6.45) is 1.86. The normalized spacial score (nSPS) is 24.8. The molecule has 2 N–H and O–H groups in total. The second-order valence-corrected chi connectivity index (χ2v) is 5.82. The molecule has 0 bridgehead atoms. The number of rotatable bonds is 2. The maximum absolute atomic E-state index is 12.0. The van der Waals surface area contributed by atoms with E-state index in [1.54, 1.807) is 13.0 Å². The average molecular weight is 325 g/mol. The Morgan fingerprint density at radius 1 is 1.42 bits per heavy atom. The zero-order valence-electron chi connectivity index (χ0n) is 13.7. The van der Waals surface area contributed by atoms with Gasteiger partial charge in [0.05, 0.1) is 30.0 Å². The van der Waals surface area contributed by atoms with E-state index in [2.05, 4.69) is 0 Å². The van der Waals surface area contributed by atoms with Crippen molar-refractivity contribution in [3.8, 4) is 18.2 Å². The van der Waals surface area contributed by atoms with Gasteiger partial charge in [0.25, 0.3) is 0 Å². The highest BCUT2D eigenvalue weighted by atomic mass is 16.6. The van der Waals surface area contributed by atoms with E-state index in [1.165, 1.54) is 4.90 Å². The number of hydrogen-bond donors (Lipinski definition) is 1. The van der Waals surface area contributed by atoms with Crippen LogP contribution >= 0.6 is 0 Å². The molecule has 1 aliphatic heterocycles. The standard InChI is InChI=1S/C17H19N5O2/c1-3-14-13-8-22(16(23)24-4-2)6-5-11(13)12(7-18)15(21)17(14,9-19)10-20/h5,13-14H,3-4,6,8,21H2,1-2H3. The molecule has 1 aliphatic carbocycles. The van der Waals surface area contributed by atoms with E-state index >= 15 is 0 Å². The number of carbonyl (C=O) groups excluding carboxylic acids is 1. The summed E-state index contributed by atoms with van der Waals surface area (Å²) in [5, 5.41) is 28.8. The summed E-state index contributed by atoms with van der Waals surface area (Å²) in [6, 6.07) is 6.09. The van der Waals surface area contributed by atoms with Crippen molar-refractivity contribution < 1.29 is 9.53 Å². The Hall–Kier alpha value is -2.98. The molecule has 0 saturated carbocycles. The molecule has 0 aromatic heterocycles. The van der Waals surface area contributed by atoms with Crippen molar-refractivity contribution in [2.45, 2.75) is 20.3 Å². The molecule has 0 saturated heterocycles. The van der Waals surface area contributed by atoms with Gasteiger partial charge in [-0.2, -0.15) is 15.8 Å². The molecule has 0 fully saturated rings. The number of carbonyl (C=O) groups is 1. The third-order valence-corrected chi connectivity index (χ3v) is 4.80. The topological polar surface area (TPSA) is 127 Å². The lowest BCUT2D eigenvalue weighted by Gasteiger charge is -2.44. The van der Waals surface area contributed by atoms with E-state index in [-0.39, 0.29) is 23.8 Å². The zero-order valence-corrected chi connectivity index (χ0v) is 13.7. The number of nitriles is 3. The Bertz CT molecular complexity index is 718. The molecule has 2 atom stereocenters. The second-order valence-electron chi connectivity index (χ2n) is 5.82. The number of amides is 1. The quantitative estimate of drug-likeness (QED) is 0.824. The first kappa shape index (κ1) is 17.4. The van der Waals surface area contributed by atoms with Crippen molar-refractivity contribution in [1.29, 1.82) is 15.8 Å². The molecule has 2 rings (SSSR count). The van der Waals surface area contributed by atoms with E-state index < -0.39 is 17.4 Å². The lowest BCUT2D eigenvalue weighted by atomic mass is 9.59. The van der Waals surface area contributed by atoms with E-state index in [1.807, 2.05) is 25.1 Å². The predicted octanol–water partition coefficient (Wildman–Crippen LogP) is 1.81. The van der Waals surface area contributed by atoms with Gasteiger partial charge in [0.2, 0.25) is 0 Å². The zero-order chi connectivity index (χ0) is 17.9. The van der Waals surface area contributed by atoms with Gasteiger partial charge in [-0.3, -0.25) is 0 Å². The van der Waals surface area contributed by atoms with Crippen LogP contribution in [0.4, 0.5) is 4.79 Å². The predicted molar refractivity (Wildman–Crippen MR) is 84.4 cm³/mol. The van der Waals surface area contributed by atoms with Gasteiger partial charge in [-0.15, -0.1) is 0 Å². The summed E-state index contributed by atoms with van der Waals surface area (Å²) >= 11 is 0. The fourth-order valence-electron chi connectivity index (χ4n) is 3.65. The molecule has 7 nitrogen and oxygen atoms in total. The van der Waals surface area contributed by atoms with E-state index in [0.717, 1.165) is 5.57 Å². The van der Waals surface area contributed by atoms with Gasteiger partial charge < -0.3 is 15.4 Å². The van der Waals surface area contributed by atoms with Crippen LogP contribution in [0, 0.1) is 51.2 Å². The van der Waals surface area contributed by atoms with Gasteiger partial charge >= 0.3 is 6.09 Å². The van der Waals surface area contributed by atoms with Crippen LogP contribution in [0.3, 0.4) is 0 Å². The third kappa shape index (κ3) is 2.37. The molecular formula is C17H19N5O2. The summed E-state index contributed by atoms with van der Waals surface area (Å²) in [4.78, 5) is 13.6. The number of nitrogens with two attached hydrogens (primary N) is 1. The summed E-state index contributed by atoms with van der Waals surface area (Å²) in [5.41, 5.74) is 5.45. The monoisotopic (exact) mass is 325 g/mol. The third-order valence-electron chi connectivity index (χ3n) is 4.80. The molecular weight excluding hydrogens is 306 g/mol. The minimum absolute atomic E-state index is 0.0222. The Morgan fingerprint density at radius 2 is 2.08 bits per heavy atom. The molecule has 124 valence electrons. The largest absolute Gasteiger partial charge is 0.450 e. The summed E-state index contributed by atoms with van der Waals surface area (Å²) in [6.45, 7) is 4.48. The molecule has 24 heavy (non-hydrogen) atoms. The smallest absolute Gasteiger partial charge is 0.410 e. The Kier molecular flexibility index (Phi) is 4.81. The first-order valence-corrected chi connectivity index (χ1v) is 7.85. The Morgan fingerprint density at radius 3 is 2.58 bits per heavy atom.